The number of benzene rings is 2. The first kappa shape index (κ1) is 21.8. The summed E-state index contributed by atoms with van der Waals surface area (Å²) in [5.74, 6) is 0.711. The maximum absolute atomic E-state index is 14.5. The summed E-state index contributed by atoms with van der Waals surface area (Å²) >= 11 is 0. The van der Waals surface area contributed by atoms with Gasteiger partial charge in [-0.1, -0.05) is 44.2 Å². The fourth-order valence-electron chi connectivity index (χ4n) is 3.77. The first-order chi connectivity index (χ1) is 15.3. The number of hydrogen-bond donors (Lipinski definition) is 1. The van der Waals surface area contributed by atoms with Crippen molar-refractivity contribution in [1.29, 1.82) is 0 Å². The molecule has 2 heterocycles. The van der Waals surface area contributed by atoms with Gasteiger partial charge in [0, 0.05) is 22.9 Å². The first-order valence-corrected chi connectivity index (χ1v) is 10.4. The molecule has 0 saturated heterocycles. The van der Waals surface area contributed by atoms with Gasteiger partial charge in [-0.05, 0) is 30.7 Å². The summed E-state index contributed by atoms with van der Waals surface area (Å²) < 4.78 is 23.2. The lowest BCUT2D eigenvalue weighted by atomic mass is 9.91. The molecular weight excluding hydrogens is 409 g/mol. The fraction of sp³-hybridized carbons (Fsp3) is 0.280. The smallest absolute Gasteiger partial charge is 0.267 e. The minimum absolute atomic E-state index is 0.125. The number of fused-ring (bicyclic) bond motifs is 1. The molecular formula is C25H26FN3O3. The Labute approximate surface area is 185 Å². The topological polar surface area (TPSA) is 68.8 Å². The molecule has 0 fully saturated rings. The van der Waals surface area contributed by atoms with Crippen molar-refractivity contribution in [2.75, 3.05) is 13.7 Å². The highest BCUT2D eigenvalue weighted by atomic mass is 19.1. The highest BCUT2D eigenvalue weighted by molar-refractivity contribution is 5.68. The second kappa shape index (κ2) is 8.24. The molecule has 166 valence electrons. The van der Waals surface area contributed by atoms with Crippen molar-refractivity contribution in [3.63, 3.8) is 0 Å². The number of nitrogens with zero attached hydrogens (tertiary/aromatic N) is 3. The first-order valence-electron chi connectivity index (χ1n) is 10.4. The van der Waals surface area contributed by atoms with Gasteiger partial charge >= 0.3 is 0 Å². The number of rotatable bonds is 6. The zero-order valence-corrected chi connectivity index (χ0v) is 18.6. The zero-order chi connectivity index (χ0) is 23.0. The summed E-state index contributed by atoms with van der Waals surface area (Å²) in [7, 11) is 1.57. The summed E-state index contributed by atoms with van der Waals surface area (Å²) in [6.07, 6.45) is 1.66. The predicted octanol–water partition coefficient (Wildman–Crippen LogP) is 3.94. The average molecular weight is 435 g/mol. The lowest BCUT2D eigenvalue weighted by Gasteiger charge is -2.18. The van der Waals surface area contributed by atoms with E-state index in [1.54, 1.807) is 37.6 Å². The van der Waals surface area contributed by atoms with Gasteiger partial charge in [-0.3, -0.25) is 9.20 Å². The normalized spacial score (nSPS) is 11.8. The lowest BCUT2D eigenvalue weighted by molar-refractivity contribution is 0.215. The molecule has 0 amide bonds. The van der Waals surface area contributed by atoms with Crippen molar-refractivity contribution in [1.82, 2.24) is 14.0 Å². The van der Waals surface area contributed by atoms with Gasteiger partial charge in [-0.25, -0.2) is 9.37 Å². The SMILES string of the molecule is COc1cccc(-c2c(C)n(Cc3ccccc3F)c3nc(C(C)(C)CO)cn3c2=O)c1. The van der Waals surface area contributed by atoms with E-state index in [1.165, 1.54) is 10.5 Å². The van der Waals surface area contributed by atoms with E-state index in [9.17, 15) is 14.3 Å². The summed E-state index contributed by atoms with van der Waals surface area (Å²) in [5.41, 5.74) is 2.05. The van der Waals surface area contributed by atoms with Crippen LogP contribution in [0.15, 0.2) is 59.5 Å². The van der Waals surface area contributed by atoms with Crippen LogP contribution in [0.1, 0.15) is 30.8 Å². The molecule has 0 aliphatic carbocycles. The van der Waals surface area contributed by atoms with Crippen LogP contribution >= 0.6 is 0 Å². The molecule has 0 spiro atoms. The van der Waals surface area contributed by atoms with Crippen LogP contribution in [0, 0.1) is 12.7 Å². The second-order valence-corrected chi connectivity index (χ2v) is 8.51. The molecule has 6 nitrogen and oxygen atoms in total. The van der Waals surface area contributed by atoms with E-state index >= 15 is 0 Å². The van der Waals surface area contributed by atoms with E-state index in [-0.39, 0.29) is 24.5 Å². The van der Waals surface area contributed by atoms with E-state index in [2.05, 4.69) is 4.98 Å². The number of aliphatic hydroxyl groups excluding tert-OH is 1. The Kier molecular flexibility index (Phi) is 5.60. The summed E-state index contributed by atoms with van der Waals surface area (Å²) in [4.78, 5) is 18.3. The van der Waals surface area contributed by atoms with Gasteiger partial charge < -0.3 is 14.4 Å². The largest absolute Gasteiger partial charge is 0.497 e. The number of ether oxygens (including phenoxy) is 1. The van der Waals surface area contributed by atoms with Crippen molar-refractivity contribution in [3.8, 4) is 16.9 Å². The minimum Gasteiger partial charge on any atom is -0.497 e. The van der Waals surface area contributed by atoms with Crippen LogP contribution in [0.4, 0.5) is 4.39 Å². The molecule has 0 bridgehead atoms. The van der Waals surface area contributed by atoms with Crippen molar-refractivity contribution in [2.45, 2.75) is 32.7 Å². The van der Waals surface area contributed by atoms with Crippen LogP contribution in [0.5, 0.6) is 5.75 Å². The number of halogens is 1. The summed E-state index contributed by atoms with van der Waals surface area (Å²) in [5, 5.41) is 9.83. The van der Waals surface area contributed by atoms with E-state index in [0.717, 1.165) is 0 Å². The Bertz CT molecular complexity index is 1350. The molecule has 0 atom stereocenters. The van der Waals surface area contributed by atoms with E-state index in [1.807, 2.05) is 43.5 Å². The van der Waals surface area contributed by atoms with Crippen molar-refractivity contribution >= 4 is 5.78 Å². The molecule has 0 unspecified atom stereocenters. The Balaban J connectivity index is 2.04. The highest BCUT2D eigenvalue weighted by Gasteiger charge is 2.26. The van der Waals surface area contributed by atoms with Crippen LogP contribution in [0.25, 0.3) is 16.9 Å². The molecule has 0 aliphatic heterocycles. The van der Waals surface area contributed by atoms with Crippen LogP contribution in [-0.2, 0) is 12.0 Å². The van der Waals surface area contributed by atoms with Crippen molar-refractivity contribution in [2.24, 2.45) is 0 Å². The molecule has 0 aliphatic rings. The standard InChI is InChI=1S/C25H26FN3O3/c1-16-22(17-9-7-10-19(12-17)32-4)23(31)29-14-21(25(2,3)15-30)27-24(29)28(16)13-18-8-5-6-11-20(18)26/h5-12,14,30H,13,15H2,1-4H3. The molecule has 4 rings (SSSR count). The molecule has 0 radical (unpaired) electrons. The van der Waals surface area contributed by atoms with Gasteiger partial charge in [-0.2, -0.15) is 0 Å². The monoisotopic (exact) mass is 435 g/mol. The van der Waals surface area contributed by atoms with Crippen LogP contribution < -0.4 is 10.3 Å². The van der Waals surface area contributed by atoms with Gasteiger partial charge in [0.15, 0.2) is 0 Å². The number of aromatic nitrogens is 3. The average Bonchev–Trinajstić information content (AvgIpc) is 3.25. The Morgan fingerprint density at radius 3 is 2.59 bits per heavy atom. The molecule has 2 aromatic heterocycles. The lowest BCUT2D eigenvalue weighted by Crippen LogP contribution is -2.23. The number of aliphatic hydroxyl groups is 1. The van der Waals surface area contributed by atoms with E-state index in [4.69, 9.17) is 4.74 Å². The van der Waals surface area contributed by atoms with Crippen LogP contribution in [0.3, 0.4) is 0 Å². The minimum atomic E-state index is -0.641. The number of hydrogen-bond acceptors (Lipinski definition) is 4. The van der Waals surface area contributed by atoms with Crippen molar-refractivity contribution < 1.29 is 14.2 Å². The molecule has 7 heteroatoms. The highest BCUT2D eigenvalue weighted by Crippen LogP contribution is 2.28. The third-order valence-electron chi connectivity index (χ3n) is 5.86. The van der Waals surface area contributed by atoms with Crippen LogP contribution in [0.2, 0.25) is 0 Å². The van der Waals surface area contributed by atoms with E-state index in [0.29, 0.717) is 39.6 Å². The maximum Gasteiger partial charge on any atom is 0.267 e. The Morgan fingerprint density at radius 1 is 1.16 bits per heavy atom. The van der Waals surface area contributed by atoms with Crippen LogP contribution in [-0.4, -0.2) is 32.8 Å². The molecule has 32 heavy (non-hydrogen) atoms. The second-order valence-electron chi connectivity index (χ2n) is 8.51. The molecule has 2 aromatic carbocycles. The quantitative estimate of drug-likeness (QED) is 0.498. The van der Waals surface area contributed by atoms with E-state index < -0.39 is 5.41 Å². The number of imidazole rings is 1. The molecule has 4 aromatic rings. The zero-order valence-electron chi connectivity index (χ0n) is 18.6. The third kappa shape index (κ3) is 3.69. The Hall–Kier alpha value is -3.45. The fourth-order valence-corrected chi connectivity index (χ4v) is 3.77. The van der Waals surface area contributed by atoms with Gasteiger partial charge in [0.1, 0.15) is 11.6 Å². The number of methoxy groups -OCH3 is 1. The molecule has 1 N–H and O–H groups in total. The van der Waals surface area contributed by atoms with Gasteiger partial charge in [0.05, 0.1) is 31.5 Å². The summed E-state index contributed by atoms with van der Waals surface area (Å²) in [6.45, 7) is 5.63. The Morgan fingerprint density at radius 2 is 1.91 bits per heavy atom. The molecule has 0 saturated carbocycles. The van der Waals surface area contributed by atoms with Gasteiger partial charge in [0.25, 0.3) is 5.56 Å². The van der Waals surface area contributed by atoms with Crippen molar-refractivity contribution in [3.05, 3.63) is 87.9 Å². The van der Waals surface area contributed by atoms with Gasteiger partial charge in [0.2, 0.25) is 5.78 Å². The maximum atomic E-state index is 14.5. The predicted molar refractivity (Wildman–Crippen MR) is 122 cm³/mol. The summed E-state index contributed by atoms with van der Waals surface area (Å²) in [6, 6.07) is 13.9. The van der Waals surface area contributed by atoms with Gasteiger partial charge in [-0.15, -0.1) is 0 Å². The third-order valence-corrected chi connectivity index (χ3v) is 5.86.